The van der Waals surface area contributed by atoms with Gasteiger partial charge in [0.2, 0.25) is 0 Å². The predicted octanol–water partition coefficient (Wildman–Crippen LogP) is 2.69. The van der Waals surface area contributed by atoms with Gasteiger partial charge in [-0.3, -0.25) is 0 Å². The Balaban J connectivity index is 2.40. The fraction of sp³-hybridized carbons (Fsp3) is 0.182. The van der Waals surface area contributed by atoms with Crippen molar-refractivity contribution in [2.75, 3.05) is 0 Å². The Bertz CT molecular complexity index is 560. The topological polar surface area (TPSA) is 54.7 Å². The van der Waals surface area contributed by atoms with Gasteiger partial charge in [0.15, 0.2) is 0 Å². The van der Waals surface area contributed by atoms with Gasteiger partial charge >= 0.3 is 6.18 Å². The fourth-order valence-electron chi connectivity index (χ4n) is 1.49. The van der Waals surface area contributed by atoms with Crippen LogP contribution < -0.4 is 5.73 Å². The number of hydrogen-bond donors (Lipinski definition) is 2. The highest BCUT2D eigenvalue weighted by Crippen LogP contribution is 2.29. The monoisotopic (exact) mass is 259 g/mol. The third-order valence-electron chi connectivity index (χ3n) is 2.42. The Morgan fingerprint density at radius 3 is 2.56 bits per heavy atom. The van der Waals surface area contributed by atoms with Gasteiger partial charge in [-0.25, -0.2) is 9.37 Å². The van der Waals surface area contributed by atoms with Crippen LogP contribution in [-0.4, -0.2) is 9.97 Å². The van der Waals surface area contributed by atoms with Crippen molar-refractivity contribution in [2.24, 2.45) is 5.73 Å². The van der Waals surface area contributed by atoms with Crippen LogP contribution in [0.1, 0.15) is 11.3 Å². The summed E-state index contributed by atoms with van der Waals surface area (Å²) in [5.74, 6) is -0.471. The Hall–Kier alpha value is -1.89. The van der Waals surface area contributed by atoms with Crippen LogP contribution in [0, 0.1) is 5.82 Å². The summed E-state index contributed by atoms with van der Waals surface area (Å²) in [5.41, 5.74) is 4.95. The Kier molecular flexibility index (Phi) is 3.08. The van der Waals surface area contributed by atoms with Crippen molar-refractivity contribution in [1.82, 2.24) is 9.97 Å². The number of aromatic nitrogens is 2. The minimum atomic E-state index is -4.48. The molecule has 3 nitrogen and oxygen atoms in total. The van der Waals surface area contributed by atoms with Gasteiger partial charge < -0.3 is 10.7 Å². The van der Waals surface area contributed by atoms with Gasteiger partial charge in [-0.2, -0.15) is 13.2 Å². The molecule has 96 valence electrons. The number of benzene rings is 1. The molecule has 2 rings (SSSR count). The lowest BCUT2D eigenvalue weighted by Gasteiger charge is -2.03. The number of hydrogen-bond acceptors (Lipinski definition) is 2. The summed E-state index contributed by atoms with van der Waals surface area (Å²) < 4.78 is 50.3. The largest absolute Gasteiger partial charge is 0.432 e. The van der Waals surface area contributed by atoms with E-state index in [1.165, 1.54) is 12.1 Å². The maximum atomic E-state index is 13.2. The third-order valence-corrected chi connectivity index (χ3v) is 2.42. The Morgan fingerprint density at radius 2 is 2.00 bits per heavy atom. The molecule has 18 heavy (non-hydrogen) atoms. The number of nitrogens with one attached hydrogen (secondary N) is 1. The summed E-state index contributed by atoms with van der Waals surface area (Å²) in [4.78, 5) is 5.76. The molecule has 0 saturated carbocycles. The van der Waals surface area contributed by atoms with Crippen molar-refractivity contribution in [3.8, 4) is 11.4 Å². The van der Waals surface area contributed by atoms with Crippen LogP contribution in [0.5, 0.6) is 0 Å². The first-order valence-electron chi connectivity index (χ1n) is 5.03. The number of H-pyrrole nitrogens is 1. The average Bonchev–Trinajstić information content (AvgIpc) is 2.78. The highest BCUT2D eigenvalue weighted by Gasteiger charge is 2.33. The van der Waals surface area contributed by atoms with Crippen LogP contribution in [0.4, 0.5) is 17.6 Å². The van der Waals surface area contributed by atoms with Gasteiger partial charge in [-0.15, -0.1) is 0 Å². The van der Waals surface area contributed by atoms with E-state index in [9.17, 15) is 17.6 Å². The summed E-state index contributed by atoms with van der Waals surface area (Å²) in [6.45, 7) is -0.0352. The van der Waals surface area contributed by atoms with Crippen LogP contribution in [0.2, 0.25) is 0 Å². The average molecular weight is 259 g/mol. The molecular formula is C11H9F4N3. The van der Waals surface area contributed by atoms with E-state index in [1.807, 2.05) is 0 Å². The SMILES string of the molecule is NCc1cc(-c2ncc(C(F)(F)F)[nH]2)ccc1F. The van der Waals surface area contributed by atoms with Gasteiger partial charge in [-0.05, 0) is 18.2 Å². The number of nitrogens with zero attached hydrogens (tertiary/aromatic N) is 1. The van der Waals surface area contributed by atoms with Crippen molar-refractivity contribution in [3.63, 3.8) is 0 Å². The number of aromatic amines is 1. The van der Waals surface area contributed by atoms with E-state index in [4.69, 9.17) is 5.73 Å². The van der Waals surface area contributed by atoms with E-state index in [0.717, 1.165) is 6.07 Å². The first-order valence-corrected chi connectivity index (χ1v) is 5.03. The number of alkyl halides is 3. The second-order valence-electron chi connectivity index (χ2n) is 3.65. The van der Waals surface area contributed by atoms with Crippen LogP contribution in [0.25, 0.3) is 11.4 Å². The van der Waals surface area contributed by atoms with E-state index >= 15 is 0 Å². The smallest absolute Gasteiger partial charge is 0.334 e. The molecule has 0 aliphatic heterocycles. The zero-order valence-corrected chi connectivity index (χ0v) is 9.05. The number of halogens is 4. The summed E-state index contributed by atoms with van der Waals surface area (Å²) >= 11 is 0. The molecule has 1 heterocycles. The Labute approximate surface area is 99.6 Å². The molecule has 0 radical (unpaired) electrons. The van der Waals surface area contributed by atoms with E-state index in [2.05, 4.69) is 9.97 Å². The lowest BCUT2D eigenvalue weighted by Crippen LogP contribution is -2.05. The van der Waals surface area contributed by atoms with E-state index in [-0.39, 0.29) is 17.9 Å². The normalized spacial score (nSPS) is 11.8. The first kappa shape index (κ1) is 12.6. The molecule has 0 fully saturated rings. The summed E-state index contributed by atoms with van der Waals surface area (Å²) in [7, 11) is 0. The van der Waals surface area contributed by atoms with Crippen LogP contribution in [-0.2, 0) is 12.7 Å². The molecule has 2 aromatic rings. The maximum Gasteiger partial charge on any atom is 0.432 e. The second-order valence-corrected chi connectivity index (χ2v) is 3.65. The van der Waals surface area contributed by atoms with Gasteiger partial charge in [0.1, 0.15) is 17.3 Å². The molecular weight excluding hydrogens is 250 g/mol. The minimum Gasteiger partial charge on any atom is -0.334 e. The molecule has 0 aliphatic rings. The van der Waals surface area contributed by atoms with Crippen molar-refractivity contribution in [1.29, 1.82) is 0 Å². The maximum absolute atomic E-state index is 13.2. The molecule has 7 heteroatoms. The summed E-state index contributed by atoms with van der Waals surface area (Å²) in [5, 5.41) is 0. The summed E-state index contributed by atoms with van der Waals surface area (Å²) in [6, 6.07) is 3.86. The second kappa shape index (κ2) is 4.41. The predicted molar refractivity (Wildman–Crippen MR) is 56.9 cm³/mol. The minimum absolute atomic E-state index is 0.0250. The Morgan fingerprint density at radius 1 is 1.28 bits per heavy atom. The molecule has 0 saturated heterocycles. The van der Waals surface area contributed by atoms with E-state index in [0.29, 0.717) is 11.8 Å². The first-order chi connectivity index (χ1) is 8.41. The van der Waals surface area contributed by atoms with Crippen LogP contribution in [0.3, 0.4) is 0 Å². The number of nitrogens with two attached hydrogens (primary N) is 1. The van der Waals surface area contributed by atoms with Crippen molar-refractivity contribution < 1.29 is 17.6 Å². The quantitative estimate of drug-likeness (QED) is 0.815. The lowest BCUT2D eigenvalue weighted by molar-refractivity contribution is -0.140. The number of rotatable bonds is 2. The highest BCUT2D eigenvalue weighted by molar-refractivity contribution is 5.56. The molecule has 1 aromatic heterocycles. The zero-order valence-electron chi connectivity index (χ0n) is 9.05. The molecule has 0 spiro atoms. The molecule has 0 unspecified atom stereocenters. The molecule has 1 aromatic carbocycles. The van der Waals surface area contributed by atoms with Crippen LogP contribution >= 0.6 is 0 Å². The molecule has 3 N–H and O–H groups in total. The molecule has 0 aliphatic carbocycles. The van der Waals surface area contributed by atoms with Crippen molar-refractivity contribution in [3.05, 3.63) is 41.5 Å². The summed E-state index contributed by atoms with van der Waals surface area (Å²) in [6.07, 6.45) is -3.79. The van der Waals surface area contributed by atoms with E-state index in [1.54, 1.807) is 0 Å². The molecule has 0 atom stereocenters. The highest BCUT2D eigenvalue weighted by atomic mass is 19.4. The van der Waals surface area contributed by atoms with Crippen molar-refractivity contribution in [2.45, 2.75) is 12.7 Å². The molecule has 0 amide bonds. The van der Waals surface area contributed by atoms with E-state index < -0.39 is 17.7 Å². The standard InChI is InChI=1S/C11H9F4N3/c12-8-2-1-6(3-7(8)4-16)10-17-5-9(18-10)11(13,14)15/h1-3,5H,4,16H2,(H,17,18). The van der Waals surface area contributed by atoms with Gasteiger partial charge in [0.05, 0.1) is 6.20 Å². The van der Waals surface area contributed by atoms with Gasteiger partial charge in [0.25, 0.3) is 0 Å². The third kappa shape index (κ3) is 2.35. The van der Waals surface area contributed by atoms with Gasteiger partial charge in [0, 0.05) is 17.7 Å². The number of imidazole rings is 1. The fourth-order valence-corrected chi connectivity index (χ4v) is 1.49. The molecule has 0 bridgehead atoms. The van der Waals surface area contributed by atoms with Crippen LogP contribution in [0.15, 0.2) is 24.4 Å². The lowest BCUT2D eigenvalue weighted by atomic mass is 10.1. The zero-order chi connectivity index (χ0) is 13.3. The van der Waals surface area contributed by atoms with Crippen molar-refractivity contribution >= 4 is 0 Å². The van der Waals surface area contributed by atoms with Gasteiger partial charge in [-0.1, -0.05) is 0 Å².